The largest absolute Gasteiger partial charge is 0.481 e. The number of carboxylic acids is 1. The van der Waals surface area contributed by atoms with Crippen molar-refractivity contribution in [2.45, 2.75) is 19.1 Å². The van der Waals surface area contributed by atoms with Gasteiger partial charge >= 0.3 is 5.97 Å². The molecule has 4 heteroatoms. The van der Waals surface area contributed by atoms with Crippen molar-refractivity contribution in [1.82, 2.24) is 0 Å². The summed E-state index contributed by atoms with van der Waals surface area (Å²) in [6, 6.07) is 9.71. The Kier molecular flexibility index (Phi) is 6.76. The van der Waals surface area contributed by atoms with Gasteiger partial charge in [0, 0.05) is 0 Å². The topological polar surface area (TPSA) is 55.8 Å². The molecule has 0 bridgehead atoms. The highest BCUT2D eigenvalue weighted by Crippen LogP contribution is 2.04. The van der Waals surface area contributed by atoms with Crippen LogP contribution in [-0.4, -0.2) is 30.4 Å². The third-order valence-electron chi connectivity index (χ3n) is 2.27. The van der Waals surface area contributed by atoms with Crippen LogP contribution in [0.5, 0.6) is 0 Å². The van der Waals surface area contributed by atoms with Gasteiger partial charge in [-0.05, 0) is 5.56 Å². The molecular formula is C14H18O4. The number of benzene rings is 1. The molecule has 0 aliphatic heterocycles. The first kappa shape index (κ1) is 14.4. The third-order valence-corrected chi connectivity index (χ3v) is 2.27. The number of hydrogen-bond acceptors (Lipinski definition) is 3. The fourth-order valence-corrected chi connectivity index (χ4v) is 1.45. The Morgan fingerprint density at radius 3 is 2.72 bits per heavy atom. The monoisotopic (exact) mass is 250 g/mol. The molecule has 0 aliphatic rings. The lowest BCUT2D eigenvalue weighted by molar-refractivity contribution is -0.141. The van der Waals surface area contributed by atoms with Crippen molar-refractivity contribution in [3.8, 4) is 0 Å². The molecule has 0 saturated heterocycles. The maximum absolute atomic E-state index is 10.6. The molecular weight excluding hydrogens is 232 g/mol. The van der Waals surface area contributed by atoms with E-state index in [0.29, 0.717) is 13.2 Å². The van der Waals surface area contributed by atoms with Gasteiger partial charge in [0.15, 0.2) is 0 Å². The summed E-state index contributed by atoms with van der Waals surface area (Å²) in [5.41, 5.74) is 1.05. The lowest BCUT2D eigenvalue weighted by Gasteiger charge is -2.15. The molecule has 0 heterocycles. The first-order valence-corrected chi connectivity index (χ1v) is 5.78. The Morgan fingerprint density at radius 1 is 1.39 bits per heavy atom. The molecule has 1 rings (SSSR count). The van der Waals surface area contributed by atoms with Gasteiger partial charge in [0.25, 0.3) is 0 Å². The van der Waals surface area contributed by atoms with Crippen LogP contribution in [0.3, 0.4) is 0 Å². The fraction of sp³-hybridized carbons (Fsp3) is 0.357. The lowest BCUT2D eigenvalue weighted by Crippen LogP contribution is -2.23. The molecule has 18 heavy (non-hydrogen) atoms. The number of aliphatic carboxylic acids is 1. The molecule has 1 unspecified atom stereocenters. The molecule has 1 aromatic carbocycles. The van der Waals surface area contributed by atoms with E-state index in [9.17, 15) is 4.79 Å². The van der Waals surface area contributed by atoms with Crippen LogP contribution < -0.4 is 0 Å². The van der Waals surface area contributed by atoms with Gasteiger partial charge in [-0.1, -0.05) is 36.4 Å². The predicted molar refractivity (Wildman–Crippen MR) is 68.3 cm³/mol. The van der Waals surface area contributed by atoms with E-state index in [1.54, 1.807) is 6.08 Å². The standard InChI is InChI=1S/C14H18O4/c1-2-8-18-13(9-14(15)16)11-17-10-12-6-4-3-5-7-12/h2-7,13H,1,8-11H2,(H,15,16). The number of hydrogen-bond donors (Lipinski definition) is 1. The van der Waals surface area contributed by atoms with Crippen LogP contribution in [0.2, 0.25) is 0 Å². The summed E-state index contributed by atoms with van der Waals surface area (Å²) in [7, 11) is 0. The lowest BCUT2D eigenvalue weighted by atomic mass is 10.2. The summed E-state index contributed by atoms with van der Waals surface area (Å²) in [6.45, 7) is 4.56. The third kappa shape index (κ3) is 6.18. The minimum atomic E-state index is -0.896. The maximum atomic E-state index is 10.6. The minimum absolute atomic E-state index is 0.0668. The molecule has 0 radical (unpaired) electrons. The molecule has 0 saturated carbocycles. The molecule has 1 atom stereocenters. The van der Waals surface area contributed by atoms with E-state index < -0.39 is 12.1 Å². The minimum Gasteiger partial charge on any atom is -0.481 e. The van der Waals surface area contributed by atoms with Gasteiger partial charge in [-0.2, -0.15) is 0 Å². The van der Waals surface area contributed by atoms with Crippen LogP contribution in [0.15, 0.2) is 43.0 Å². The maximum Gasteiger partial charge on any atom is 0.306 e. The summed E-state index contributed by atoms with van der Waals surface area (Å²) < 4.78 is 10.8. The van der Waals surface area contributed by atoms with Crippen molar-refractivity contribution in [3.05, 3.63) is 48.6 Å². The molecule has 0 aliphatic carbocycles. The zero-order valence-corrected chi connectivity index (χ0v) is 10.2. The van der Waals surface area contributed by atoms with Gasteiger partial charge in [-0.15, -0.1) is 6.58 Å². The van der Waals surface area contributed by atoms with Crippen LogP contribution in [0.1, 0.15) is 12.0 Å². The zero-order valence-electron chi connectivity index (χ0n) is 10.2. The Hall–Kier alpha value is -1.65. The van der Waals surface area contributed by atoms with Crippen LogP contribution in [0.4, 0.5) is 0 Å². The zero-order chi connectivity index (χ0) is 13.2. The second kappa shape index (κ2) is 8.44. The fourth-order valence-electron chi connectivity index (χ4n) is 1.45. The van der Waals surface area contributed by atoms with E-state index >= 15 is 0 Å². The van der Waals surface area contributed by atoms with Crippen LogP contribution in [0, 0.1) is 0 Å². The van der Waals surface area contributed by atoms with Crippen molar-refractivity contribution in [3.63, 3.8) is 0 Å². The van der Waals surface area contributed by atoms with Gasteiger partial charge < -0.3 is 14.6 Å². The molecule has 0 aromatic heterocycles. The van der Waals surface area contributed by atoms with E-state index in [-0.39, 0.29) is 13.0 Å². The van der Waals surface area contributed by atoms with Crippen LogP contribution >= 0.6 is 0 Å². The van der Waals surface area contributed by atoms with Crippen LogP contribution in [-0.2, 0) is 20.9 Å². The second-order valence-corrected chi connectivity index (χ2v) is 3.84. The Morgan fingerprint density at radius 2 is 2.11 bits per heavy atom. The van der Waals surface area contributed by atoms with Gasteiger partial charge in [-0.3, -0.25) is 4.79 Å². The highest BCUT2D eigenvalue weighted by molar-refractivity contribution is 5.67. The highest BCUT2D eigenvalue weighted by atomic mass is 16.5. The van der Waals surface area contributed by atoms with Crippen molar-refractivity contribution in [2.75, 3.05) is 13.2 Å². The van der Waals surface area contributed by atoms with Gasteiger partial charge in [0.05, 0.1) is 32.3 Å². The quantitative estimate of drug-likeness (QED) is 0.683. The Bertz CT molecular complexity index is 361. The van der Waals surface area contributed by atoms with E-state index in [2.05, 4.69) is 6.58 Å². The van der Waals surface area contributed by atoms with Crippen molar-refractivity contribution in [1.29, 1.82) is 0 Å². The first-order valence-electron chi connectivity index (χ1n) is 5.78. The molecule has 4 nitrogen and oxygen atoms in total. The summed E-state index contributed by atoms with van der Waals surface area (Å²) >= 11 is 0. The van der Waals surface area contributed by atoms with E-state index in [0.717, 1.165) is 5.56 Å². The smallest absolute Gasteiger partial charge is 0.306 e. The van der Waals surface area contributed by atoms with Crippen LogP contribution in [0.25, 0.3) is 0 Å². The molecule has 98 valence electrons. The molecule has 0 spiro atoms. The number of carboxylic acid groups (broad SMARTS) is 1. The summed E-state index contributed by atoms with van der Waals surface area (Å²) in [6.07, 6.45) is 1.08. The first-order chi connectivity index (χ1) is 8.72. The average molecular weight is 250 g/mol. The Labute approximate surface area is 107 Å². The molecule has 0 fully saturated rings. The summed E-state index contributed by atoms with van der Waals surface area (Å²) in [5, 5.41) is 8.74. The van der Waals surface area contributed by atoms with Crippen molar-refractivity contribution in [2.24, 2.45) is 0 Å². The average Bonchev–Trinajstić information content (AvgIpc) is 2.36. The molecule has 1 N–H and O–H groups in total. The normalized spacial score (nSPS) is 12.0. The van der Waals surface area contributed by atoms with Crippen molar-refractivity contribution < 1.29 is 19.4 Å². The number of carbonyl (C=O) groups is 1. The molecule has 1 aromatic rings. The van der Waals surface area contributed by atoms with Gasteiger partial charge in [-0.25, -0.2) is 0 Å². The number of rotatable bonds is 9. The van der Waals surface area contributed by atoms with Gasteiger partial charge in [0.1, 0.15) is 0 Å². The van der Waals surface area contributed by atoms with Crippen molar-refractivity contribution >= 4 is 5.97 Å². The second-order valence-electron chi connectivity index (χ2n) is 3.84. The summed E-state index contributed by atoms with van der Waals surface area (Å²) in [5.74, 6) is -0.896. The van der Waals surface area contributed by atoms with Gasteiger partial charge in [0.2, 0.25) is 0 Å². The summed E-state index contributed by atoms with van der Waals surface area (Å²) in [4.78, 5) is 10.6. The van der Waals surface area contributed by atoms with E-state index in [1.165, 1.54) is 0 Å². The highest BCUT2D eigenvalue weighted by Gasteiger charge is 2.13. The Balaban J connectivity index is 2.32. The number of ether oxygens (including phenoxy) is 2. The SMILES string of the molecule is C=CCOC(COCc1ccccc1)CC(=O)O. The predicted octanol–water partition coefficient (Wildman–Crippen LogP) is 2.25. The van der Waals surface area contributed by atoms with E-state index in [4.69, 9.17) is 14.6 Å². The van der Waals surface area contributed by atoms with E-state index in [1.807, 2.05) is 30.3 Å². The molecule has 0 amide bonds.